The Morgan fingerprint density at radius 3 is 2.41 bits per heavy atom. The highest BCUT2D eigenvalue weighted by molar-refractivity contribution is 6.40. The van der Waals surface area contributed by atoms with Crippen molar-refractivity contribution in [1.82, 2.24) is 10.3 Å². The first-order valence-corrected chi connectivity index (χ1v) is 9.28. The smallest absolute Gasteiger partial charge is 0.329 e. The van der Waals surface area contributed by atoms with Gasteiger partial charge in [-0.1, -0.05) is 35.9 Å². The number of hydrogen-bond acceptors (Lipinski definition) is 5. The van der Waals surface area contributed by atoms with Gasteiger partial charge in [-0.25, -0.2) is 5.43 Å². The summed E-state index contributed by atoms with van der Waals surface area (Å²) in [7, 11) is 0. The summed E-state index contributed by atoms with van der Waals surface area (Å²) >= 11 is 5.80. The minimum absolute atomic E-state index is 0.231. The zero-order valence-electron chi connectivity index (χ0n) is 15.4. The number of amides is 3. The number of carbonyl (C=O) groups excluding carboxylic acids is 3. The molecule has 1 aliphatic rings. The average Bonchev–Trinajstić information content (AvgIpc) is 2.75. The fraction of sp³-hybridized carbons (Fsp3) is 0.200. The van der Waals surface area contributed by atoms with Gasteiger partial charge in [0.1, 0.15) is 0 Å². The summed E-state index contributed by atoms with van der Waals surface area (Å²) in [5, 5.41) is 6.79. The molecule has 0 atom stereocenters. The first kappa shape index (κ1) is 20.5. The van der Waals surface area contributed by atoms with Crippen molar-refractivity contribution in [1.29, 1.82) is 0 Å². The van der Waals surface area contributed by atoms with Crippen molar-refractivity contribution < 1.29 is 19.1 Å². The Morgan fingerprint density at radius 1 is 1.00 bits per heavy atom. The van der Waals surface area contributed by atoms with E-state index >= 15 is 0 Å². The van der Waals surface area contributed by atoms with E-state index < -0.39 is 11.8 Å². The highest BCUT2D eigenvalue weighted by Crippen LogP contribution is 2.18. The molecule has 0 spiro atoms. The summed E-state index contributed by atoms with van der Waals surface area (Å²) in [4.78, 5) is 38.6. The highest BCUT2D eigenvalue weighted by Gasteiger charge is 2.22. The van der Waals surface area contributed by atoms with Gasteiger partial charge in [0, 0.05) is 18.1 Å². The van der Waals surface area contributed by atoms with Crippen LogP contribution in [0, 0.1) is 0 Å². The van der Waals surface area contributed by atoms with Crippen LogP contribution in [0.5, 0.6) is 0 Å². The monoisotopic (exact) mass is 414 g/mol. The lowest BCUT2D eigenvalue weighted by molar-refractivity contribution is -0.136. The molecule has 1 saturated heterocycles. The Bertz CT molecular complexity index is 924. The second-order valence-electron chi connectivity index (χ2n) is 6.15. The molecule has 3 amide bonds. The number of morpholine rings is 1. The van der Waals surface area contributed by atoms with Crippen molar-refractivity contribution >= 4 is 41.2 Å². The zero-order chi connectivity index (χ0) is 20.6. The second kappa shape index (κ2) is 9.81. The Balaban J connectivity index is 1.61. The van der Waals surface area contributed by atoms with E-state index in [0.717, 1.165) is 0 Å². The lowest BCUT2D eigenvalue weighted by Gasteiger charge is -2.27. The van der Waals surface area contributed by atoms with Crippen LogP contribution in [0.3, 0.4) is 0 Å². The third-order valence-corrected chi connectivity index (χ3v) is 4.41. The molecule has 2 aromatic carbocycles. The summed E-state index contributed by atoms with van der Waals surface area (Å²) in [6, 6.07) is 13.3. The predicted octanol–water partition coefficient (Wildman–Crippen LogP) is 1.90. The zero-order valence-corrected chi connectivity index (χ0v) is 16.2. The maximum atomic E-state index is 12.7. The van der Waals surface area contributed by atoms with Crippen LogP contribution in [-0.4, -0.2) is 55.1 Å². The summed E-state index contributed by atoms with van der Waals surface area (Å²) in [5.41, 5.74) is 3.42. The predicted molar refractivity (Wildman–Crippen MR) is 109 cm³/mol. The summed E-state index contributed by atoms with van der Waals surface area (Å²) < 4.78 is 5.25. The lowest BCUT2D eigenvalue weighted by Crippen LogP contribution is -2.41. The molecule has 0 aliphatic carbocycles. The minimum Gasteiger partial charge on any atom is -0.378 e. The normalized spacial score (nSPS) is 13.9. The number of carbonyl (C=O) groups is 3. The van der Waals surface area contributed by atoms with Crippen LogP contribution in [0.1, 0.15) is 15.9 Å². The van der Waals surface area contributed by atoms with E-state index in [-0.39, 0.29) is 11.6 Å². The number of rotatable bonds is 4. The van der Waals surface area contributed by atoms with Crippen LogP contribution < -0.4 is 10.7 Å². The maximum Gasteiger partial charge on any atom is 0.329 e. The van der Waals surface area contributed by atoms with Crippen molar-refractivity contribution in [3.8, 4) is 0 Å². The van der Waals surface area contributed by atoms with Crippen LogP contribution >= 0.6 is 11.6 Å². The van der Waals surface area contributed by atoms with Crippen molar-refractivity contribution in [3.05, 3.63) is 64.7 Å². The molecular weight excluding hydrogens is 396 g/mol. The second-order valence-corrected chi connectivity index (χ2v) is 6.59. The molecule has 150 valence electrons. The minimum atomic E-state index is -0.955. The molecule has 1 heterocycles. The number of nitrogens with one attached hydrogen (secondary N) is 2. The molecule has 2 N–H and O–H groups in total. The topological polar surface area (TPSA) is 100 Å². The number of nitrogens with zero attached hydrogens (tertiary/aromatic N) is 2. The van der Waals surface area contributed by atoms with E-state index in [9.17, 15) is 14.4 Å². The molecule has 8 nitrogen and oxygen atoms in total. The molecule has 1 fully saturated rings. The quantitative estimate of drug-likeness (QED) is 0.453. The summed E-state index contributed by atoms with van der Waals surface area (Å²) in [6.45, 7) is 1.88. The van der Waals surface area contributed by atoms with E-state index in [4.69, 9.17) is 16.3 Å². The highest BCUT2D eigenvalue weighted by atomic mass is 35.5. The van der Waals surface area contributed by atoms with Gasteiger partial charge in [0.05, 0.1) is 30.7 Å². The molecular formula is C20H19ClN4O4. The third kappa shape index (κ3) is 5.63. The molecule has 0 bridgehead atoms. The summed E-state index contributed by atoms with van der Waals surface area (Å²) in [6.07, 6.45) is 1.39. The molecule has 1 aliphatic heterocycles. The van der Waals surface area contributed by atoms with E-state index in [1.165, 1.54) is 6.21 Å². The number of halogens is 1. The molecule has 3 rings (SSSR count). The van der Waals surface area contributed by atoms with Crippen molar-refractivity contribution in [2.45, 2.75) is 0 Å². The van der Waals surface area contributed by atoms with Gasteiger partial charge in [-0.2, -0.15) is 5.10 Å². The van der Waals surface area contributed by atoms with Gasteiger partial charge in [-0.05, 0) is 29.8 Å². The van der Waals surface area contributed by atoms with Crippen molar-refractivity contribution in [3.63, 3.8) is 0 Å². The number of benzene rings is 2. The fourth-order valence-corrected chi connectivity index (χ4v) is 2.79. The molecule has 0 saturated carbocycles. The van der Waals surface area contributed by atoms with Crippen LogP contribution in [0.15, 0.2) is 53.6 Å². The molecule has 0 aromatic heterocycles. The Labute approximate surface area is 172 Å². The van der Waals surface area contributed by atoms with Gasteiger partial charge in [-0.3, -0.25) is 14.4 Å². The van der Waals surface area contributed by atoms with Crippen molar-refractivity contribution in [2.24, 2.45) is 5.10 Å². The number of ether oxygens (including phenoxy) is 1. The SMILES string of the molecule is O=C(N/N=C/c1ccc(Cl)cc1)C(=O)Nc1ccccc1C(=O)N1CCOCC1. The first-order valence-electron chi connectivity index (χ1n) is 8.90. The Kier molecular flexibility index (Phi) is 6.94. The standard InChI is InChI=1S/C20H19ClN4O4/c21-15-7-5-14(6-8-15)13-22-24-19(27)18(26)23-17-4-2-1-3-16(17)20(28)25-9-11-29-12-10-25/h1-8,13H,9-12H2,(H,23,26)(H,24,27)/b22-13+. The van der Waals surface area contributed by atoms with Gasteiger partial charge in [0.25, 0.3) is 5.91 Å². The largest absolute Gasteiger partial charge is 0.378 e. The number of hydrogen-bond donors (Lipinski definition) is 2. The van der Waals surface area contributed by atoms with Gasteiger partial charge in [0.15, 0.2) is 0 Å². The Morgan fingerprint density at radius 2 is 1.69 bits per heavy atom. The average molecular weight is 415 g/mol. The van der Waals surface area contributed by atoms with Gasteiger partial charge < -0.3 is 15.0 Å². The molecule has 9 heteroatoms. The van der Waals surface area contributed by atoms with Gasteiger partial charge in [-0.15, -0.1) is 0 Å². The number of hydrazone groups is 1. The van der Waals surface area contributed by atoms with Crippen molar-refractivity contribution in [2.75, 3.05) is 31.6 Å². The number of anilines is 1. The van der Waals surface area contributed by atoms with E-state index in [1.54, 1.807) is 53.4 Å². The van der Waals surface area contributed by atoms with Gasteiger partial charge >= 0.3 is 11.8 Å². The fourth-order valence-electron chi connectivity index (χ4n) is 2.66. The van der Waals surface area contributed by atoms with Crippen LogP contribution in [0.4, 0.5) is 5.69 Å². The summed E-state index contributed by atoms with van der Waals surface area (Å²) in [5.74, 6) is -2.12. The van der Waals surface area contributed by atoms with E-state index in [1.807, 2.05) is 0 Å². The number of para-hydroxylation sites is 1. The maximum absolute atomic E-state index is 12.7. The van der Waals surface area contributed by atoms with Gasteiger partial charge in [0.2, 0.25) is 0 Å². The Hall–Kier alpha value is -3.23. The molecule has 0 unspecified atom stereocenters. The lowest BCUT2D eigenvalue weighted by atomic mass is 10.1. The molecule has 0 radical (unpaired) electrons. The van der Waals surface area contributed by atoms with E-state index in [2.05, 4.69) is 15.8 Å². The van der Waals surface area contributed by atoms with E-state index in [0.29, 0.717) is 42.5 Å². The van der Waals surface area contributed by atoms with Crippen LogP contribution in [0.25, 0.3) is 0 Å². The van der Waals surface area contributed by atoms with Crippen LogP contribution in [-0.2, 0) is 14.3 Å². The first-order chi connectivity index (χ1) is 14.0. The molecule has 29 heavy (non-hydrogen) atoms. The third-order valence-electron chi connectivity index (χ3n) is 4.16. The van der Waals surface area contributed by atoms with Crippen LogP contribution in [0.2, 0.25) is 5.02 Å². The molecule has 2 aromatic rings.